The number of nitrogens with zero attached hydrogens (tertiary/aromatic N) is 3. The number of anilines is 2. The van der Waals surface area contributed by atoms with Crippen LogP contribution in [0.25, 0.3) is 0 Å². The number of nitrogens with one attached hydrogen (secondary N) is 1. The van der Waals surface area contributed by atoms with Crippen molar-refractivity contribution in [2.45, 2.75) is 19.8 Å². The van der Waals surface area contributed by atoms with Crippen LogP contribution in [0, 0.1) is 24.2 Å². The SMILES string of the molecule is Cc1ccc(NC(=O)C2CCCN(c3ccc(Cl)cc3C#N)C2)nc1. The average molecular weight is 355 g/mol. The quantitative estimate of drug-likeness (QED) is 0.910. The minimum atomic E-state index is -0.140. The van der Waals surface area contributed by atoms with E-state index in [-0.39, 0.29) is 11.8 Å². The van der Waals surface area contributed by atoms with Crippen LogP contribution in [0.4, 0.5) is 11.5 Å². The van der Waals surface area contributed by atoms with E-state index in [4.69, 9.17) is 11.6 Å². The third kappa shape index (κ3) is 4.09. The van der Waals surface area contributed by atoms with E-state index in [1.165, 1.54) is 0 Å². The summed E-state index contributed by atoms with van der Waals surface area (Å²) in [4.78, 5) is 18.9. The molecule has 1 aromatic heterocycles. The van der Waals surface area contributed by atoms with Crippen LogP contribution in [0.15, 0.2) is 36.5 Å². The highest BCUT2D eigenvalue weighted by Crippen LogP contribution is 2.28. The predicted octanol–water partition coefficient (Wildman–Crippen LogP) is 3.77. The molecule has 1 aliphatic rings. The van der Waals surface area contributed by atoms with Crippen molar-refractivity contribution < 1.29 is 4.79 Å². The molecule has 0 aliphatic carbocycles. The maximum Gasteiger partial charge on any atom is 0.230 e. The molecule has 1 saturated heterocycles. The Bertz CT molecular complexity index is 813. The molecule has 0 bridgehead atoms. The van der Waals surface area contributed by atoms with E-state index in [0.29, 0.717) is 22.9 Å². The normalized spacial score (nSPS) is 17.0. The Hall–Kier alpha value is -2.58. The van der Waals surface area contributed by atoms with Gasteiger partial charge in [-0.3, -0.25) is 4.79 Å². The monoisotopic (exact) mass is 354 g/mol. The van der Waals surface area contributed by atoms with Crippen molar-refractivity contribution in [2.75, 3.05) is 23.3 Å². The van der Waals surface area contributed by atoms with E-state index in [1.54, 1.807) is 24.4 Å². The smallest absolute Gasteiger partial charge is 0.230 e. The number of carbonyl (C=O) groups is 1. The van der Waals surface area contributed by atoms with Crippen molar-refractivity contribution in [1.82, 2.24) is 4.98 Å². The molecule has 1 amide bonds. The molecule has 0 saturated carbocycles. The molecule has 0 radical (unpaired) electrons. The fraction of sp³-hybridized carbons (Fsp3) is 0.316. The second-order valence-corrected chi connectivity index (χ2v) is 6.70. The summed E-state index contributed by atoms with van der Waals surface area (Å²) >= 11 is 5.97. The van der Waals surface area contributed by atoms with Gasteiger partial charge in [0.15, 0.2) is 0 Å². The number of hydrogen-bond acceptors (Lipinski definition) is 4. The standard InChI is InChI=1S/C19H19ClN4O/c1-13-4-7-18(22-11-13)23-19(25)14-3-2-8-24(12-14)17-6-5-16(20)9-15(17)10-21/h4-7,9,11,14H,2-3,8,12H2,1H3,(H,22,23,25). The van der Waals surface area contributed by atoms with Crippen LogP contribution in [0.1, 0.15) is 24.0 Å². The molecule has 2 aromatic rings. The number of carbonyl (C=O) groups excluding carboxylic acids is 1. The Balaban J connectivity index is 1.72. The largest absolute Gasteiger partial charge is 0.370 e. The average Bonchev–Trinajstić information content (AvgIpc) is 2.63. The molecular weight excluding hydrogens is 336 g/mol. The topological polar surface area (TPSA) is 69.0 Å². The van der Waals surface area contributed by atoms with Crippen molar-refractivity contribution >= 4 is 29.0 Å². The molecule has 1 fully saturated rings. The number of nitriles is 1. The highest BCUT2D eigenvalue weighted by Gasteiger charge is 2.27. The van der Waals surface area contributed by atoms with E-state index in [9.17, 15) is 10.1 Å². The van der Waals surface area contributed by atoms with Crippen molar-refractivity contribution in [3.8, 4) is 6.07 Å². The Kier molecular flexibility index (Phi) is 5.20. The molecule has 1 aromatic carbocycles. The van der Waals surface area contributed by atoms with Gasteiger partial charge in [-0.05, 0) is 49.6 Å². The number of aryl methyl sites for hydroxylation is 1. The second-order valence-electron chi connectivity index (χ2n) is 6.27. The third-order valence-corrected chi connectivity index (χ3v) is 4.61. The minimum absolute atomic E-state index is 0.0338. The Labute approximate surface area is 152 Å². The Morgan fingerprint density at radius 3 is 2.96 bits per heavy atom. The van der Waals surface area contributed by atoms with Gasteiger partial charge >= 0.3 is 0 Å². The van der Waals surface area contributed by atoms with Crippen LogP contribution < -0.4 is 10.2 Å². The molecular formula is C19H19ClN4O. The third-order valence-electron chi connectivity index (χ3n) is 4.37. The highest BCUT2D eigenvalue weighted by atomic mass is 35.5. The lowest BCUT2D eigenvalue weighted by Gasteiger charge is -2.34. The Morgan fingerprint density at radius 2 is 2.24 bits per heavy atom. The number of piperidine rings is 1. The van der Waals surface area contributed by atoms with Crippen LogP contribution in [-0.2, 0) is 4.79 Å². The minimum Gasteiger partial charge on any atom is -0.370 e. The van der Waals surface area contributed by atoms with E-state index in [2.05, 4.69) is 21.3 Å². The van der Waals surface area contributed by atoms with Gasteiger partial charge in [0.05, 0.1) is 17.2 Å². The lowest BCUT2D eigenvalue weighted by Crippen LogP contribution is -2.41. The fourth-order valence-corrected chi connectivity index (χ4v) is 3.23. The first-order valence-corrected chi connectivity index (χ1v) is 8.63. The molecule has 1 atom stereocenters. The predicted molar refractivity (Wildman–Crippen MR) is 98.7 cm³/mol. The number of halogens is 1. The van der Waals surface area contributed by atoms with Gasteiger partial charge in [-0.15, -0.1) is 0 Å². The molecule has 0 spiro atoms. The summed E-state index contributed by atoms with van der Waals surface area (Å²) in [6.45, 7) is 3.35. The summed E-state index contributed by atoms with van der Waals surface area (Å²) < 4.78 is 0. The van der Waals surface area contributed by atoms with E-state index < -0.39 is 0 Å². The van der Waals surface area contributed by atoms with Crippen LogP contribution in [0.3, 0.4) is 0 Å². The van der Waals surface area contributed by atoms with Crippen molar-refractivity contribution in [2.24, 2.45) is 5.92 Å². The molecule has 2 heterocycles. The summed E-state index contributed by atoms with van der Waals surface area (Å²) in [7, 11) is 0. The summed E-state index contributed by atoms with van der Waals surface area (Å²) in [6.07, 6.45) is 3.45. The molecule has 1 N–H and O–H groups in total. The van der Waals surface area contributed by atoms with E-state index >= 15 is 0 Å². The van der Waals surface area contributed by atoms with Gasteiger partial charge in [-0.2, -0.15) is 5.26 Å². The molecule has 128 valence electrons. The first-order chi connectivity index (χ1) is 12.1. The molecule has 1 aliphatic heterocycles. The number of aromatic nitrogens is 1. The van der Waals surface area contributed by atoms with E-state index in [1.807, 2.05) is 19.1 Å². The lowest BCUT2D eigenvalue weighted by molar-refractivity contribution is -0.120. The maximum atomic E-state index is 12.6. The summed E-state index contributed by atoms with van der Waals surface area (Å²) in [5, 5.41) is 12.8. The van der Waals surface area contributed by atoms with Crippen LogP contribution in [-0.4, -0.2) is 24.0 Å². The zero-order valence-electron chi connectivity index (χ0n) is 14.0. The first kappa shape index (κ1) is 17.2. The van der Waals surface area contributed by atoms with Gasteiger partial charge < -0.3 is 10.2 Å². The fourth-order valence-electron chi connectivity index (χ4n) is 3.05. The van der Waals surface area contributed by atoms with Crippen molar-refractivity contribution in [3.63, 3.8) is 0 Å². The summed E-state index contributed by atoms with van der Waals surface area (Å²) in [6, 6.07) is 11.2. The van der Waals surface area contributed by atoms with Crippen molar-refractivity contribution in [3.05, 3.63) is 52.7 Å². The zero-order chi connectivity index (χ0) is 17.8. The van der Waals surface area contributed by atoms with Gasteiger partial charge in [0, 0.05) is 24.3 Å². The summed E-state index contributed by atoms with van der Waals surface area (Å²) in [5.41, 5.74) is 2.42. The molecule has 25 heavy (non-hydrogen) atoms. The first-order valence-electron chi connectivity index (χ1n) is 8.25. The number of pyridine rings is 1. The second kappa shape index (κ2) is 7.54. The van der Waals surface area contributed by atoms with Gasteiger partial charge in [-0.25, -0.2) is 4.98 Å². The number of benzene rings is 1. The van der Waals surface area contributed by atoms with Crippen molar-refractivity contribution in [1.29, 1.82) is 5.26 Å². The number of amides is 1. The number of rotatable bonds is 3. The molecule has 3 rings (SSSR count). The van der Waals surface area contributed by atoms with Crippen LogP contribution in [0.5, 0.6) is 0 Å². The van der Waals surface area contributed by atoms with E-state index in [0.717, 1.165) is 30.6 Å². The maximum absolute atomic E-state index is 12.6. The van der Waals surface area contributed by atoms with Crippen LogP contribution >= 0.6 is 11.6 Å². The van der Waals surface area contributed by atoms with Gasteiger partial charge in [0.25, 0.3) is 0 Å². The molecule has 5 nitrogen and oxygen atoms in total. The summed E-state index contributed by atoms with van der Waals surface area (Å²) in [5.74, 6) is 0.393. The lowest BCUT2D eigenvalue weighted by atomic mass is 9.96. The van der Waals surface area contributed by atoms with Gasteiger partial charge in [-0.1, -0.05) is 17.7 Å². The number of hydrogen-bond donors (Lipinski definition) is 1. The Morgan fingerprint density at radius 1 is 1.40 bits per heavy atom. The molecule has 6 heteroatoms. The zero-order valence-corrected chi connectivity index (χ0v) is 14.8. The molecule has 1 unspecified atom stereocenters. The van der Waals surface area contributed by atoms with Gasteiger partial charge in [0.1, 0.15) is 11.9 Å². The highest BCUT2D eigenvalue weighted by molar-refractivity contribution is 6.30. The van der Waals surface area contributed by atoms with Gasteiger partial charge in [0.2, 0.25) is 5.91 Å². The van der Waals surface area contributed by atoms with Crippen LogP contribution in [0.2, 0.25) is 5.02 Å².